The molecule has 0 spiro atoms. The van der Waals surface area contributed by atoms with Crippen molar-refractivity contribution in [2.75, 3.05) is 13.2 Å². The maximum Gasteiger partial charge on any atom is 0.168 e. The molecule has 3 rings (SSSR count). The predicted molar refractivity (Wildman–Crippen MR) is 72.2 cm³/mol. The van der Waals surface area contributed by atoms with Crippen molar-refractivity contribution in [3.8, 4) is 17.1 Å². The third-order valence-electron chi connectivity index (χ3n) is 3.33. The minimum atomic E-state index is -0.138. The van der Waals surface area contributed by atoms with E-state index in [9.17, 15) is 0 Å². The van der Waals surface area contributed by atoms with Crippen LogP contribution in [0.3, 0.4) is 0 Å². The molecule has 0 aromatic carbocycles. The number of aromatic nitrogens is 2. The molecule has 20 heavy (non-hydrogen) atoms. The van der Waals surface area contributed by atoms with Crippen molar-refractivity contribution < 1.29 is 14.4 Å². The predicted octanol–water partition coefficient (Wildman–Crippen LogP) is 1.36. The number of pyridine rings is 1. The zero-order valence-corrected chi connectivity index (χ0v) is 11.1. The summed E-state index contributed by atoms with van der Waals surface area (Å²) in [5, 5.41) is 16.1. The molecule has 6 nitrogen and oxygen atoms in total. The maximum absolute atomic E-state index is 8.99. The summed E-state index contributed by atoms with van der Waals surface area (Å²) in [4.78, 5) is 4.15. The van der Waals surface area contributed by atoms with Gasteiger partial charge in [-0.3, -0.25) is 4.98 Å². The molecule has 2 aromatic heterocycles. The van der Waals surface area contributed by atoms with Crippen LogP contribution >= 0.6 is 0 Å². The van der Waals surface area contributed by atoms with Crippen molar-refractivity contribution >= 4 is 0 Å². The minimum Gasteiger partial charge on any atom is -0.490 e. The van der Waals surface area contributed by atoms with Gasteiger partial charge in [-0.1, -0.05) is 5.16 Å². The van der Waals surface area contributed by atoms with Gasteiger partial charge in [-0.25, -0.2) is 0 Å². The van der Waals surface area contributed by atoms with E-state index in [1.165, 1.54) is 6.42 Å². The highest BCUT2D eigenvalue weighted by molar-refractivity contribution is 5.57. The fourth-order valence-electron chi connectivity index (χ4n) is 2.25. The van der Waals surface area contributed by atoms with Crippen LogP contribution in [0.5, 0.6) is 5.75 Å². The number of aliphatic hydroxyl groups is 1. The fraction of sp³-hybridized carbons (Fsp3) is 0.429. The summed E-state index contributed by atoms with van der Waals surface area (Å²) in [6.45, 7) is 1.57. The lowest BCUT2D eigenvalue weighted by molar-refractivity contribution is 0.267. The Kier molecular flexibility index (Phi) is 3.94. The molecule has 6 heteroatoms. The number of rotatable bonds is 5. The second-order valence-electron chi connectivity index (χ2n) is 4.85. The maximum atomic E-state index is 8.99. The van der Waals surface area contributed by atoms with Crippen LogP contribution in [0.1, 0.15) is 18.5 Å². The third kappa shape index (κ3) is 2.97. The molecule has 1 fully saturated rings. The van der Waals surface area contributed by atoms with Gasteiger partial charge in [0.15, 0.2) is 5.76 Å². The number of hydrogen-bond donors (Lipinski definition) is 2. The van der Waals surface area contributed by atoms with E-state index in [2.05, 4.69) is 15.5 Å². The molecule has 106 valence electrons. The first-order valence-electron chi connectivity index (χ1n) is 6.73. The molecule has 0 aliphatic carbocycles. The zero-order chi connectivity index (χ0) is 13.8. The molecule has 2 aromatic rings. The first kappa shape index (κ1) is 13.1. The Labute approximate surface area is 116 Å². The van der Waals surface area contributed by atoms with E-state index in [4.69, 9.17) is 14.4 Å². The second kappa shape index (κ2) is 6.02. The monoisotopic (exact) mass is 275 g/mol. The highest BCUT2D eigenvalue weighted by Gasteiger charge is 2.15. The number of ether oxygens (including phenoxy) is 1. The minimum absolute atomic E-state index is 0.138. The number of aliphatic hydroxyl groups excluding tert-OH is 1. The largest absolute Gasteiger partial charge is 0.490 e. The Morgan fingerprint density at radius 3 is 3.10 bits per heavy atom. The van der Waals surface area contributed by atoms with Gasteiger partial charge in [0.1, 0.15) is 18.1 Å². The van der Waals surface area contributed by atoms with E-state index >= 15 is 0 Å². The third-order valence-corrected chi connectivity index (χ3v) is 3.33. The van der Waals surface area contributed by atoms with Crippen LogP contribution in [-0.4, -0.2) is 34.4 Å². The van der Waals surface area contributed by atoms with Gasteiger partial charge in [0, 0.05) is 23.9 Å². The van der Waals surface area contributed by atoms with Gasteiger partial charge < -0.3 is 19.7 Å². The van der Waals surface area contributed by atoms with E-state index in [1.54, 1.807) is 18.5 Å². The van der Waals surface area contributed by atoms with Gasteiger partial charge in [0.2, 0.25) is 0 Å². The van der Waals surface area contributed by atoms with E-state index in [1.807, 2.05) is 6.07 Å². The highest BCUT2D eigenvalue weighted by Crippen LogP contribution is 2.23. The lowest BCUT2D eigenvalue weighted by Gasteiger charge is -2.12. The molecule has 1 aliphatic heterocycles. The smallest absolute Gasteiger partial charge is 0.168 e. The normalized spacial score (nSPS) is 18.4. The van der Waals surface area contributed by atoms with Crippen LogP contribution in [0.2, 0.25) is 0 Å². The Morgan fingerprint density at radius 1 is 1.40 bits per heavy atom. The summed E-state index contributed by atoms with van der Waals surface area (Å²) in [7, 11) is 0. The van der Waals surface area contributed by atoms with Gasteiger partial charge in [-0.2, -0.15) is 0 Å². The molecule has 0 bridgehead atoms. The van der Waals surface area contributed by atoms with E-state index < -0.39 is 0 Å². The van der Waals surface area contributed by atoms with Crippen molar-refractivity contribution in [3.05, 3.63) is 30.2 Å². The summed E-state index contributed by atoms with van der Waals surface area (Å²) in [5.41, 5.74) is 1.29. The van der Waals surface area contributed by atoms with Gasteiger partial charge in [0.25, 0.3) is 0 Å². The Hall–Kier alpha value is -1.92. The van der Waals surface area contributed by atoms with Gasteiger partial charge in [-0.15, -0.1) is 0 Å². The summed E-state index contributed by atoms with van der Waals surface area (Å²) < 4.78 is 10.9. The lowest BCUT2D eigenvalue weighted by Crippen LogP contribution is -2.28. The zero-order valence-electron chi connectivity index (χ0n) is 11.1. The van der Waals surface area contributed by atoms with Crippen LogP contribution in [0, 0.1) is 0 Å². The van der Waals surface area contributed by atoms with Gasteiger partial charge >= 0.3 is 0 Å². The summed E-state index contributed by atoms with van der Waals surface area (Å²) in [5.74, 6) is 1.28. The quantitative estimate of drug-likeness (QED) is 0.857. The Bertz CT molecular complexity index is 564. The number of nitrogens with one attached hydrogen (secondary N) is 1. The van der Waals surface area contributed by atoms with E-state index in [0.29, 0.717) is 29.9 Å². The average molecular weight is 275 g/mol. The fourth-order valence-corrected chi connectivity index (χ4v) is 2.25. The van der Waals surface area contributed by atoms with Crippen molar-refractivity contribution in [2.45, 2.75) is 25.5 Å². The highest BCUT2D eigenvalue weighted by atomic mass is 16.5. The number of hydrogen-bond acceptors (Lipinski definition) is 6. The summed E-state index contributed by atoms with van der Waals surface area (Å²) >= 11 is 0. The molecule has 3 heterocycles. The first-order chi connectivity index (χ1) is 9.85. The van der Waals surface area contributed by atoms with Crippen LogP contribution in [0.25, 0.3) is 11.3 Å². The summed E-state index contributed by atoms with van der Waals surface area (Å²) in [6.07, 6.45) is 5.72. The van der Waals surface area contributed by atoms with Crippen LogP contribution in [-0.2, 0) is 6.61 Å². The molecule has 1 atom stereocenters. The SMILES string of the molecule is OCc1cc(-c2cncc(OCC3CCCN3)c2)on1. The molecule has 1 saturated heterocycles. The topological polar surface area (TPSA) is 80.4 Å². The van der Waals surface area contributed by atoms with Crippen molar-refractivity contribution in [1.82, 2.24) is 15.5 Å². The van der Waals surface area contributed by atoms with Crippen molar-refractivity contribution in [1.29, 1.82) is 0 Å². The Morgan fingerprint density at radius 2 is 2.35 bits per heavy atom. The molecule has 0 saturated carbocycles. The Balaban J connectivity index is 1.68. The summed E-state index contributed by atoms with van der Waals surface area (Å²) in [6, 6.07) is 3.98. The molecule has 0 radical (unpaired) electrons. The van der Waals surface area contributed by atoms with Crippen molar-refractivity contribution in [3.63, 3.8) is 0 Å². The van der Waals surface area contributed by atoms with E-state index in [-0.39, 0.29) is 6.61 Å². The molecule has 0 amide bonds. The molecule has 1 aliphatic rings. The van der Waals surface area contributed by atoms with Crippen LogP contribution in [0.15, 0.2) is 29.0 Å². The van der Waals surface area contributed by atoms with Crippen LogP contribution in [0.4, 0.5) is 0 Å². The van der Waals surface area contributed by atoms with Gasteiger partial charge in [-0.05, 0) is 25.5 Å². The first-order valence-corrected chi connectivity index (χ1v) is 6.73. The molecule has 2 N–H and O–H groups in total. The average Bonchev–Trinajstić information content (AvgIpc) is 3.16. The van der Waals surface area contributed by atoms with Gasteiger partial charge in [0.05, 0.1) is 12.8 Å². The molecular formula is C14H17N3O3. The van der Waals surface area contributed by atoms with Crippen LogP contribution < -0.4 is 10.1 Å². The van der Waals surface area contributed by atoms with E-state index in [0.717, 1.165) is 18.5 Å². The lowest BCUT2D eigenvalue weighted by atomic mass is 10.2. The number of nitrogens with zero attached hydrogens (tertiary/aromatic N) is 2. The second-order valence-corrected chi connectivity index (χ2v) is 4.85. The standard InChI is InChI=1S/C14H17N3O3/c18-8-12-5-14(20-17-12)10-4-13(7-15-6-10)19-9-11-2-1-3-16-11/h4-7,11,16,18H,1-3,8-9H2. The molecular weight excluding hydrogens is 258 g/mol. The molecule has 1 unspecified atom stereocenters. The van der Waals surface area contributed by atoms with Crippen molar-refractivity contribution in [2.24, 2.45) is 0 Å².